The number of aromatic amines is 1. The molecule has 0 spiro atoms. The third-order valence-electron chi connectivity index (χ3n) is 2.41. The molecule has 0 fully saturated rings. The van der Waals surface area contributed by atoms with Crippen LogP contribution < -0.4 is 5.56 Å². The number of nitrogens with one attached hydrogen (secondary N) is 1. The maximum absolute atomic E-state index is 13.1. The lowest BCUT2D eigenvalue weighted by molar-refractivity contribution is 0.180. The van der Waals surface area contributed by atoms with Crippen LogP contribution in [0.2, 0.25) is 5.02 Å². The summed E-state index contributed by atoms with van der Waals surface area (Å²) in [5.41, 5.74) is 0.803. The predicted octanol–water partition coefficient (Wildman–Crippen LogP) is 2.98. The first kappa shape index (κ1) is 14.4. The van der Waals surface area contributed by atoms with Gasteiger partial charge in [-0.2, -0.15) is 0 Å². The minimum atomic E-state index is -0.518. The maximum atomic E-state index is 13.1. The Balaban J connectivity index is 2.56. The number of halogens is 3. The smallest absolute Gasteiger partial charge is 0.264 e. The van der Waals surface area contributed by atoms with E-state index in [1.807, 2.05) is 22.6 Å². The van der Waals surface area contributed by atoms with Crippen molar-refractivity contribution in [2.24, 2.45) is 0 Å². The summed E-state index contributed by atoms with van der Waals surface area (Å²) in [5.74, 6) is -0.185. The highest BCUT2D eigenvalue weighted by Gasteiger charge is 2.11. The number of hydrogen-bond donors (Lipinski definition) is 1. The van der Waals surface area contributed by atoms with Gasteiger partial charge in [-0.25, -0.2) is 9.37 Å². The largest absolute Gasteiger partial charge is 0.378 e. The van der Waals surface area contributed by atoms with E-state index in [2.05, 4.69) is 9.97 Å². The second kappa shape index (κ2) is 5.98. The summed E-state index contributed by atoms with van der Waals surface area (Å²) in [6.07, 6.45) is 0. The minimum absolute atomic E-state index is 0.0213. The number of rotatable bonds is 3. The second-order valence-corrected chi connectivity index (χ2v) is 5.22. The van der Waals surface area contributed by atoms with Gasteiger partial charge in [0.1, 0.15) is 15.2 Å². The molecule has 100 valence electrons. The van der Waals surface area contributed by atoms with Crippen molar-refractivity contribution in [3.63, 3.8) is 0 Å². The molecule has 2 aromatic rings. The highest BCUT2D eigenvalue weighted by atomic mass is 127. The molecule has 0 atom stereocenters. The van der Waals surface area contributed by atoms with Crippen molar-refractivity contribution in [3.8, 4) is 11.4 Å². The molecule has 19 heavy (non-hydrogen) atoms. The molecule has 4 nitrogen and oxygen atoms in total. The Kier molecular flexibility index (Phi) is 4.54. The fourth-order valence-corrected chi connectivity index (χ4v) is 2.11. The van der Waals surface area contributed by atoms with Gasteiger partial charge in [-0.3, -0.25) is 4.79 Å². The topological polar surface area (TPSA) is 55.0 Å². The van der Waals surface area contributed by atoms with Gasteiger partial charge >= 0.3 is 0 Å². The van der Waals surface area contributed by atoms with Crippen LogP contribution >= 0.6 is 34.2 Å². The molecule has 1 N–H and O–H groups in total. The van der Waals surface area contributed by atoms with Crippen molar-refractivity contribution >= 4 is 34.2 Å². The van der Waals surface area contributed by atoms with E-state index in [4.69, 9.17) is 16.3 Å². The van der Waals surface area contributed by atoms with Crippen molar-refractivity contribution in [1.29, 1.82) is 0 Å². The molecule has 1 heterocycles. The number of H-pyrrole nitrogens is 1. The van der Waals surface area contributed by atoms with Crippen LogP contribution in [0.4, 0.5) is 4.39 Å². The van der Waals surface area contributed by atoms with Crippen LogP contribution in [0.25, 0.3) is 11.4 Å². The van der Waals surface area contributed by atoms with E-state index in [0.717, 1.165) is 0 Å². The standard InChI is InChI=1S/C12H9ClFIN2O2/c1-19-5-9-10(15)12(18)17-11(16-9)6-2-3-8(14)7(13)4-6/h2-4H,5H2,1H3,(H,16,17,18). The molecule has 0 radical (unpaired) electrons. The quantitative estimate of drug-likeness (QED) is 0.815. The number of nitrogens with zero attached hydrogens (tertiary/aromatic N) is 1. The van der Waals surface area contributed by atoms with Gasteiger partial charge in [0.25, 0.3) is 5.56 Å². The van der Waals surface area contributed by atoms with Crippen molar-refractivity contribution in [3.05, 3.63) is 48.7 Å². The SMILES string of the molecule is COCc1nc(-c2ccc(F)c(Cl)c2)[nH]c(=O)c1I. The zero-order valence-electron chi connectivity index (χ0n) is 9.84. The van der Waals surface area contributed by atoms with Gasteiger partial charge in [0.2, 0.25) is 0 Å². The zero-order chi connectivity index (χ0) is 14.0. The van der Waals surface area contributed by atoms with Crippen molar-refractivity contribution < 1.29 is 9.13 Å². The normalized spacial score (nSPS) is 10.7. The van der Waals surface area contributed by atoms with Gasteiger partial charge < -0.3 is 9.72 Å². The average molecular weight is 395 g/mol. The molecule has 0 aliphatic heterocycles. The highest BCUT2D eigenvalue weighted by Crippen LogP contribution is 2.22. The van der Waals surface area contributed by atoms with E-state index in [1.54, 1.807) is 0 Å². The van der Waals surface area contributed by atoms with Gasteiger partial charge in [-0.1, -0.05) is 11.6 Å². The summed E-state index contributed by atoms with van der Waals surface area (Å²) >= 11 is 7.62. The number of hydrogen-bond acceptors (Lipinski definition) is 3. The van der Waals surface area contributed by atoms with Crippen LogP contribution in [-0.4, -0.2) is 17.1 Å². The first-order valence-corrected chi connectivity index (χ1v) is 6.71. The lowest BCUT2D eigenvalue weighted by Gasteiger charge is -2.06. The van der Waals surface area contributed by atoms with Crippen LogP contribution in [0, 0.1) is 9.39 Å². The van der Waals surface area contributed by atoms with Gasteiger partial charge in [-0.05, 0) is 40.8 Å². The van der Waals surface area contributed by atoms with E-state index in [0.29, 0.717) is 20.7 Å². The lowest BCUT2D eigenvalue weighted by Crippen LogP contribution is -2.16. The molecule has 0 aliphatic carbocycles. The Morgan fingerprint density at radius 3 is 2.89 bits per heavy atom. The highest BCUT2D eigenvalue weighted by molar-refractivity contribution is 14.1. The fourth-order valence-electron chi connectivity index (χ4n) is 1.52. The number of methoxy groups -OCH3 is 1. The summed E-state index contributed by atoms with van der Waals surface area (Å²) in [6.45, 7) is 0.226. The average Bonchev–Trinajstić information content (AvgIpc) is 2.38. The van der Waals surface area contributed by atoms with Gasteiger partial charge in [0.15, 0.2) is 0 Å². The molecule has 0 bridgehead atoms. The van der Waals surface area contributed by atoms with Crippen LogP contribution in [0.5, 0.6) is 0 Å². The molecule has 0 amide bonds. The van der Waals surface area contributed by atoms with Crippen LogP contribution in [0.3, 0.4) is 0 Å². The van der Waals surface area contributed by atoms with Crippen LogP contribution in [0.15, 0.2) is 23.0 Å². The summed E-state index contributed by atoms with van der Waals surface area (Å²) in [4.78, 5) is 18.7. The van der Waals surface area contributed by atoms with Gasteiger partial charge in [0, 0.05) is 12.7 Å². The van der Waals surface area contributed by atoms with Crippen molar-refractivity contribution in [1.82, 2.24) is 9.97 Å². The Labute approximate surface area is 127 Å². The number of aromatic nitrogens is 2. The molecule has 0 unspecified atom stereocenters. The molecule has 0 aliphatic rings. The fraction of sp³-hybridized carbons (Fsp3) is 0.167. The molecular weight excluding hydrogens is 385 g/mol. The number of benzene rings is 1. The van der Waals surface area contributed by atoms with E-state index >= 15 is 0 Å². The molecule has 0 saturated heterocycles. The summed E-state index contributed by atoms with van der Waals surface area (Å²) in [5, 5.41) is -0.0213. The molecule has 1 aromatic carbocycles. The van der Waals surface area contributed by atoms with Crippen LogP contribution in [0.1, 0.15) is 5.69 Å². The molecule has 2 rings (SSSR count). The van der Waals surface area contributed by atoms with Gasteiger partial charge in [0.05, 0.1) is 17.3 Å². The predicted molar refractivity (Wildman–Crippen MR) is 78.7 cm³/mol. The van der Waals surface area contributed by atoms with E-state index in [-0.39, 0.29) is 17.2 Å². The summed E-state index contributed by atoms with van der Waals surface area (Å²) in [6, 6.07) is 4.15. The molecular formula is C12H9ClFIN2O2. The van der Waals surface area contributed by atoms with Crippen molar-refractivity contribution in [2.45, 2.75) is 6.61 Å². The number of ether oxygens (including phenoxy) is 1. The van der Waals surface area contributed by atoms with E-state index < -0.39 is 5.82 Å². The second-order valence-electron chi connectivity index (χ2n) is 3.74. The van der Waals surface area contributed by atoms with Crippen molar-refractivity contribution in [2.75, 3.05) is 7.11 Å². The third-order valence-corrected chi connectivity index (χ3v) is 3.81. The minimum Gasteiger partial charge on any atom is -0.378 e. The molecule has 0 saturated carbocycles. The van der Waals surface area contributed by atoms with Gasteiger partial charge in [-0.15, -0.1) is 0 Å². The Hall–Kier alpha value is -0.990. The lowest BCUT2D eigenvalue weighted by atomic mass is 10.2. The first-order chi connectivity index (χ1) is 9.02. The van der Waals surface area contributed by atoms with E-state index in [1.165, 1.54) is 25.3 Å². The Morgan fingerprint density at radius 1 is 1.53 bits per heavy atom. The monoisotopic (exact) mass is 394 g/mol. The maximum Gasteiger partial charge on any atom is 0.264 e. The van der Waals surface area contributed by atoms with Crippen LogP contribution in [-0.2, 0) is 11.3 Å². The summed E-state index contributed by atoms with van der Waals surface area (Å²) in [7, 11) is 1.52. The first-order valence-electron chi connectivity index (χ1n) is 5.26. The molecule has 1 aromatic heterocycles. The Morgan fingerprint density at radius 2 is 2.26 bits per heavy atom. The van der Waals surface area contributed by atoms with E-state index in [9.17, 15) is 9.18 Å². The zero-order valence-corrected chi connectivity index (χ0v) is 12.8. The Bertz CT molecular complexity index is 675. The summed E-state index contributed by atoms with van der Waals surface area (Å²) < 4.78 is 18.6. The third kappa shape index (κ3) is 3.13. The molecule has 7 heteroatoms.